The van der Waals surface area contributed by atoms with Crippen molar-refractivity contribution in [3.05, 3.63) is 0 Å². The van der Waals surface area contributed by atoms with Gasteiger partial charge in [-0.05, 0) is 37.5 Å². The summed E-state index contributed by atoms with van der Waals surface area (Å²) in [6.45, 7) is 1.65. The van der Waals surface area contributed by atoms with Gasteiger partial charge in [0.05, 0.1) is 11.5 Å². The monoisotopic (exact) mass is 262 g/mol. The standard InChI is InChI=1S/C11H22N2O3S/c12-13-11(7-9-1-4-16-5-2-9)10-3-6-17(14,15)8-10/h9-11,13H,1-8,12H2. The number of nitrogens with one attached hydrogen (secondary N) is 1. The predicted molar refractivity (Wildman–Crippen MR) is 66.0 cm³/mol. The van der Waals surface area contributed by atoms with E-state index in [9.17, 15) is 8.42 Å². The maximum atomic E-state index is 11.5. The lowest BCUT2D eigenvalue weighted by molar-refractivity contribution is 0.0583. The van der Waals surface area contributed by atoms with Gasteiger partial charge in [-0.25, -0.2) is 8.42 Å². The lowest BCUT2D eigenvalue weighted by Crippen LogP contribution is -2.43. The molecule has 0 aromatic rings. The van der Waals surface area contributed by atoms with Crippen LogP contribution in [0.5, 0.6) is 0 Å². The molecular weight excluding hydrogens is 240 g/mol. The van der Waals surface area contributed by atoms with Gasteiger partial charge in [0.2, 0.25) is 0 Å². The molecule has 3 N–H and O–H groups in total. The Kier molecular flexibility index (Phi) is 4.41. The van der Waals surface area contributed by atoms with E-state index in [1.54, 1.807) is 0 Å². The van der Waals surface area contributed by atoms with Crippen LogP contribution in [0.3, 0.4) is 0 Å². The van der Waals surface area contributed by atoms with E-state index in [4.69, 9.17) is 10.6 Å². The summed E-state index contributed by atoms with van der Waals surface area (Å²) in [5.74, 6) is 7.01. The molecule has 2 aliphatic heterocycles. The molecule has 6 heteroatoms. The number of sulfone groups is 1. The summed E-state index contributed by atoms with van der Waals surface area (Å²) >= 11 is 0. The van der Waals surface area contributed by atoms with Gasteiger partial charge in [-0.3, -0.25) is 11.3 Å². The van der Waals surface area contributed by atoms with E-state index >= 15 is 0 Å². The van der Waals surface area contributed by atoms with Gasteiger partial charge < -0.3 is 4.74 Å². The van der Waals surface area contributed by atoms with Crippen LogP contribution >= 0.6 is 0 Å². The van der Waals surface area contributed by atoms with Crippen molar-refractivity contribution in [2.75, 3.05) is 24.7 Å². The number of hydrogen-bond donors (Lipinski definition) is 2. The summed E-state index contributed by atoms with van der Waals surface area (Å²) in [5.41, 5.74) is 2.82. The Morgan fingerprint density at radius 2 is 2.00 bits per heavy atom. The Hall–Kier alpha value is -0.170. The van der Waals surface area contributed by atoms with Gasteiger partial charge in [-0.2, -0.15) is 0 Å². The number of rotatable bonds is 4. The minimum Gasteiger partial charge on any atom is -0.381 e. The molecule has 0 bridgehead atoms. The average molecular weight is 262 g/mol. The third kappa shape index (κ3) is 3.64. The first-order valence-corrected chi connectivity index (χ1v) is 8.17. The zero-order chi connectivity index (χ0) is 12.3. The molecule has 0 aromatic carbocycles. The maximum Gasteiger partial charge on any atom is 0.150 e. The van der Waals surface area contributed by atoms with E-state index in [1.807, 2.05) is 0 Å². The van der Waals surface area contributed by atoms with E-state index in [2.05, 4.69) is 5.43 Å². The van der Waals surface area contributed by atoms with Crippen molar-refractivity contribution >= 4 is 9.84 Å². The van der Waals surface area contributed by atoms with Gasteiger partial charge in [-0.1, -0.05) is 0 Å². The Balaban J connectivity index is 1.88. The quantitative estimate of drug-likeness (QED) is 0.553. The van der Waals surface area contributed by atoms with Crippen LogP contribution < -0.4 is 11.3 Å². The highest BCUT2D eigenvalue weighted by atomic mass is 32.2. The van der Waals surface area contributed by atoms with Gasteiger partial charge in [0.1, 0.15) is 0 Å². The fourth-order valence-electron chi connectivity index (χ4n) is 2.88. The van der Waals surface area contributed by atoms with E-state index < -0.39 is 9.84 Å². The van der Waals surface area contributed by atoms with Gasteiger partial charge in [0, 0.05) is 19.3 Å². The molecule has 17 heavy (non-hydrogen) atoms. The van der Waals surface area contributed by atoms with Crippen molar-refractivity contribution in [2.24, 2.45) is 17.7 Å². The Morgan fingerprint density at radius 3 is 2.53 bits per heavy atom. The first-order valence-electron chi connectivity index (χ1n) is 6.35. The maximum absolute atomic E-state index is 11.5. The largest absolute Gasteiger partial charge is 0.381 e. The molecule has 2 saturated heterocycles. The predicted octanol–water partition coefficient (Wildman–Crippen LogP) is 0.0697. The van der Waals surface area contributed by atoms with Crippen molar-refractivity contribution in [3.8, 4) is 0 Å². The molecule has 0 spiro atoms. The van der Waals surface area contributed by atoms with Crippen LogP contribution in [-0.4, -0.2) is 39.2 Å². The third-order valence-electron chi connectivity index (χ3n) is 3.98. The molecular formula is C11H22N2O3S. The van der Waals surface area contributed by atoms with Gasteiger partial charge >= 0.3 is 0 Å². The molecule has 0 aromatic heterocycles. The molecule has 2 atom stereocenters. The van der Waals surface area contributed by atoms with Crippen LogP contribution in [-0.2, 0) is 14.6 Å². The molecule has 0 aliphatic carbocycles. The molecule has 2 unspecified atom stereocenters. The van der Waals surface area contributed by atoms with Gasteiger partial charge in [0.15, 0.2) is 9.84 Å². The fraction of sp³-hybridized carbons (Fsp3) is 1.00. The third-order valence-corrected chi connectivity index (χ3v) is 5.77. The molecule has 0 saturated carbocycles. The Morgan fingerprint density at radius 1 is 1.29 bits per heavy atom. The molecule has 2 heterocycles. The smallest absolute Gasteiger partial charge is 0.150 e. The average Bonchev–Trinajstić information content (AvgIpc) is 2.68. The molecule has 2 aliphatic rings. The highest BCUT2D eigenvalue weighted by Gasteiger charge is 2.34. The van der Waals surface area contributed by atoms with Crippen LogP contribution in [0.4, 0.5) is 0 Å². The molecule has 2 rings (SSSR count). The lowest BCUT2D eigenvalue weighted by Gasteiger charge is -2.29. The number of nitrogens with two attached hydrogens (primary N) is 1. The van der Waals surface area contributed by atoms with Crippen LogP contribution in [0.2, 0.25) is 0 Å². The molecule has 5 nitrogen and oxygen atoms in total. The minimum atomic E-state index is -2.81. The summed E-state index contributed by atoms with van der Waals surface area (Å²) in [6.07, 6.45) is 3.86. The second kappa shape index (κ2) is 5.65. The van der Waals surface area contributed by atoms with E-state index in [0.717, 1.165) is 38.9 Å². The van der Waals surface area contributed by atoms with Crippen molar-refractivity contribution in [1.82, 2.24) is 5.43 Å². The van der Waals surface area contributed by atoms with E-state index in [0.29, 0.717) is 17.4 Å². The van der Waals surface area contributed by atoms with Gasteiger partial charge in [-0.15, -0.1) is 0 Å². The van der Waals surface area contributed by atoms with Crippen molar-refractivity contribution in [1.29, 1.82) is 0 Å². The van der Waals surface area contributed by atoms with Gasteiger partial charge in [0.25, 0.3) is 0 Å². The number of ether oxygens (including phenoxy) is 1. The van der Waals surface area contributed by atoms with Crippen molar-refractivity contribution in [2.45, 2.75) is 31.7 Å². The topological polar surface area (TPSA) is 81.4 Å². The summed E-state index contributed by atoms with van der Waals surface area (Å²) in [7, 11) is -2.81. The number of hydrogen-bond acceptors (Lipinski definition) is 5. The van der Waals surface area contributed by atoms with Crippen LogP contribution in [0.25, 0.3) is 0 Å². The van der Waals surface area contributed by atoms with Crippen molar-refractivity contribution in [3.63, 3.8) is 0 Å². The normalized spacial score (nSPS) is 31.5. The fourth-order valence-corrected chi connectivity index (χ4v) is 4.76. The Bertz CT molecular complexity index is 339. The minimum absolute atomic E-state index is 0.135. The second-order valence-corrected chi connectivity index (χ2v) is 7.46. The summed E-state index contributed by atoms with van der Waals surface area (Å²) in [5, 5.41) is 0. The number of hydrazine groups is 1. The van der Waals surface area contributed by atoms with Crippen LogP contribution in [0, 0.1) is 11.8 Å². The van der Waals surface area contributed by atoms with Crippen LogP contribution in [0.1, 0.15) is 25.7 Å². The summed E-state index contributed by atoms with van der Waals surface area (Å²) < 4.78 is 28.3. The molecule has 0 radical (unpaired) electrons. The summed E-state index contributed by atoms with van der Waals surface area (Å²) in [6, 6.07) is 0.135. The summed E-state index contributed by atoms with van der Waals surface area (Å²) in [4.78, 5) is 0. The highest BCUT2D eigenvalue weighted by molar-refractivity contribution is 7.91. The van der Waals surface area contributed by atoms with Crippen LogP contribution in [0.15, 0.2) is 0 Å². The molecule has 100 valence electrons. The first-order chi connectivity index (χ1) is 8.11. The highest BCUT2D eigenvalue weighted by Crippen LogP contribution is 2.28. The molecule has 2 fully saturated rings. The van der Waals surface area contributed by atoms with Crippen molar-refractivity contribution < 1.29 is 13.2 Å². The lowest BCUT2D eigenvalue weighted by atomic mass is 9.86. The Labute approximate surface area is 103 Å². The first kappa shape index (κ1) is 13.3. The molecule has 0 amide bonds. The van der Waals surface area contributed by atoms with E-state index in [-0.39, 0.29) is 12.0 Å². The zero-order valence-electron chi connectivity index (χ0n) is 10.1. The zero-order valence-corrected chi connectivity index (χ0v) is 10.9. The van der Waals surface area contributed by atoms with E-state index in [1.165, 1.54) is 0 Å². The SMILES string of the molecule is NNC(CC1CCOCC1)C1CCS(=O)(=O)C1. The second-order valence-electron chi connectivity index (χ2n) is 5.23.